The molecule has 0 saturated carbocycles. The van der Waals surface area contributed by atoms with Gasteiger partial charge in [0.25, 0.3) is 0 Å². The SMILES string of the molecule is Cn1c(N=[N+]=[N-])nc2ncc(-c3ccccc3)cc21. The summed E-state index contributed by atoms with van der Waals surface area (Å²) < 4.78 is 1.73. The second-order valence-corrected chi connectivity index (χ2v) is 4.09. The van der Waals surface area contributed by atoms with Gasteiger partial charge in [0.2, 0.25) is 0 Å². The number of rotatable bonds is 2. The molecule has 0 aliphatic rings. The number of imidazole rings is 1. The first-order valence-corrected chi connectivity index (χ1v) is 5.72. The highest BCUT2D eigenvalue weighted by Crippen LogP contribution is 2.24. The molecule has 0 saturated heterocycles. The van der Waals surface area contributed by atoms with Crippen LogP contribution in [0.1, 0.15) is 0 Å². The molecule has 0 atom stereocenters. The molecule has 0 amide bonds. The van der Waals surface area contributed by atoms with E-state index in [0.29, 0.717) is 11.6 Å². The Morgan fingerprint density at radius 1 is 1.21 bits per heavy atom. The fourth-order valence-electron chi connectivity index (χ4n) is 1.97. The third kappa shape index (κ3) is 1.90. The van der Waals surface area contributed by atoms with Crippen LogP contribution in [0, 0.1) is 0 Å². The fraction of sp³-hybridized carbons (Fsp3) is 0.0769. The van der Waals surface area contributed by atoms with Gasteiger partial charge in [0.05, 0.1) is 5.52 Å². The van der Waals surface area contributed by atoms with Crippen LogP contribution in [0.4, 0.5) is 5.95 Å². The number of hydrogen-bond acceptors (Lipinski definition) is 3. The number of aromatic nitrogens is 3. The zero-order chi connectivity index (χ0) is 13.2. The molecule has 92 valence electrons. The molecule has 0 aliphatic heterocycles. The van der Waals surface area contributed by atoms with Gasteiger partial charge in [-0.25, -0.2) is 9.97 Å². The first-order valence-electron chi connectivity index (χ1n) is 5.72. The number of nitrogens with zero attached hydrogens (tertiary/aromatic N) is 6. The second kappa shape index (κ2) is 4.44. The van der Waals surface area contributed by atoms with Crippen LogP contribution in [0.5, 0.6) is 0 Å². The van der Waals surface area contributed by atoms with Crippen LogP contribution < -0.4 is 0 Å². The van der Waals surface area contributed by atoms with Crippen LogP contribution in [-0.4, -0.2) is 14.5 Å². The van der Waals surface area contributed by atoms with Crippen molar-refractivity contribution in [2.75, 3.05) is 0 Å². The van der Waals surface area contributed by atoms with E-state index in [4.69, 9.17) is 5.53 Å². The molecule has 19 heavy (non-hydrogen) atoms. The topological polar surface area (TPSA) is 79.5 Å². The Morgan fingerprint density at radius 2 is 2.00 bits per heavy atom. The van der Waals surface area contributed by atoms with E-state index in [0.717, 1.165) is 16.6 Å². The molecular weight excluding hydrogens is 240 g/mol. The standard InChI is InChI=1S/C13H10N6/c1-19-11-7-10(9-5-3-2-4-6-9)8-15-12(11)16-13(19)17-18-14/h2-8H,1H3. The molecule has 6 nitrogen and oxygen atoms in total. The van der Waals surface area contributed by atoms with E-state index >= 15 is 0 Å². The molecule has 3 rings (SSSR count). The molecule has 0 spiro atoms. The van der Waals surface area contributed by atoms with E-state index < -0.39 is 0 Å². The number of azide groups is 1. The smallest absolute Gasteiger partial charge is 0.199 e. The highest BCUT2D eigenvalue weighted by atomic mass is 15.3. The molecular formula is C13H10N6. The van der Waals surface area contributed by atoms with Crippen LogP contribution in [0.2, 0.25) is 0 Å². The quantitative estimate of drug-likeness (QED) is 0.396. The minimum atomic E-state index is 0.315. The van der Waals surface area contributed by atoms with Gasteiger partial charge in [-0.15, -0.1) is 0 Å². The molecule has 6 heteroatoms. The summed E-state index contributed by atoms with van der Waals surface area (Å²) in [5, 5.41) is 3.54. The highest BCUT2D eigenvalue weighted by molar-refractivity contribution is 5.80. The van der Waals surface area contributed by atoms with Crippen LogP contribution in [0.3, 0.4) is 0 Å². The molecule has 3 aromatic rings. The highest BCUT2D eigenvalue weighted by Gasteiger charge is 2.08. The van der Waals surface area contributed by atoms with Crippen molar-refractivity contribution >= 4 is 17.1 Å². The minimum absolute atomic E-state index is 0.315. The Labute approximate surface area is 109 Å². The van der Waals surface area contributed by atoms with Crippen molar-refractivity contribution in [1.29, 1.82) is 0 Å². The summed E-state index contributed by atoms with van der Waals surface area (Å²) in [7, 11) is 1.80. The maximum Gasteiger partial charge on any atom is 0.199 e. The number of benzene rings is 1. The average Bonchev–Trinajstić information content (AvgIpc) is 2.77. The van der Waals surface area contributed by atoms with E-state index in [2.05, 4.69) is 20.0 Å². The van der Waals surface area contributed by atoms with Crippen molar-refractivity contribution in [1.82, 2.24) is 14.5 Å². The molecule has 0 aliphatic carbocycles. The Morgan fingerprint density at radius 3 is 2.74 bits per heavy atom. The third-order valence-corrected chi connectivity index (χ3v) is 2.96. The summed E-state index contributed by atoms with van der Waals surface area (Å²) >= 11 is 0. The normalized spacial score (nSPS) is 10.4. The molecule has 0 fully saturated rings. The van der Waals surface area contributed by atoms with E-state index in [1.165, 1.54) is 0 Å². The summed E-state index contributed by atoms with van der Waals surface area (Å²) in [5.74, 6) is 0.315. The number of pyridine rings is 1. The lowest BCUT2D eigenvalue weighted by atomic mass is 10.1. The lowest BCUT2D eigenvalue weighted by Gasteiger charge is -2.01. The zero-order valence-electron chi connectivity index (χ0n) is 10.2. The van der Waals surface area contributed by atoms with Gasteiger partial charge in [0.15, 0.2) is 11.6 Å². The van der Waals surface area contributed by atoms with Gasteiger partial charge < -0.3 is 4.57 Å². The fourth-order valence-corrected chi connectivity index (χ4v) is 1.97. The summed E-state index contributed by atoms with van der Waals surface area (Å²) in [5.41, 5.74) is 12.0. The molecule has 1 aromatic carbocycles. The van der Waals surface area contributed by atoms with Crippen molar-refractivity contribution in [2.45, 2.75) is 0 Å². The predicted molar refractivity (Wildman–Crippen MR) is 72.8 cm³/mol. The van der Waals surface area contributed by atoms with Gasteiger partial charge in [-0.2, -0.15) is 0 Å². The predicted octanol–water partition coefficient (Wildman–Crippen LogP) is 3.58. The van der Waals surface area contributed by atoms with Crippen LogP contribution in [0.15, 0.2) is 47.7 Å². The van der Waals surface area contributed by atoms with E-state index in [-0.39, 0.29) is 0 Å². The van der Waals surface area contributed by atoms with Gasteiger partial charge in [-0.05, 0) is 22.3 Å². The Balaban J connectivity index is 2.21. The lowest BCUT2D eigenvalue weighted by molar-refractivity contribution is 0.940. The van der Waals surface area contributed by atoms with Crippen molar-refractivity contribution in [3.8, 4) is 11.1 Å². The number of fused-ring (bicyclic) bond motifs is 1. The monoisotopic (exact) mass is 250 g/mol. The van der Waals surface area contributed by atoms with Crippen molar-refractivity contribution in [2.24, 2.45) is 12.2 Å². The lowest BCUT2D eigenvalue weighted by Crippen LogP contribution is -1.87. The first-order chi connectivity index (χ1) is 9.29. The molecule has 2 heterocycles. The Bertz CT molecular complexity index is 784. The first kappa shape index (κ1) is 11.3. The molecule has 0 N–H and O–H groups in total. The minimum Gasteiger partial charge on any atom is -0.324 e. The second-order valence-electron chi connectivity index (χ2n) is 4.09. The molecule has 0 unspecified atom stereocenters. The van der Waals surface area contributed by atoms with Crippen molar-refractivity contribution in [3.63, 3.8) is 0 Å². The number of aryl methyl sites for hydroxylation is 1. The van der Waals surface area contributed by atoms with Crippen molar-refractivity contribution < 1.29 is 0 Å². The third-order valence-electron chi connectivity index (χ3n) is 2.96. The average molecular weight is 250 g/mol. The Kier molecular flexibility index (Phi) is 2.63. The van der Waals surface area contributed by atoms with E-state index in [9.17, 15) is 0 Å². The maximum absolute atomic E-state index is 8.49. The van der Waals surface area contributed by atoms with Crippen LogP contribution in [0.25, 0.3) is 32.7 Å². The summed E-state index contributed by atoms with van der Waals surface area (Å²) in [6, 6.07) is 12.0. The van der Waals surface area contributed by atoms with Crippen LogP contribution in [-0.2, 0) is 7.05 Å². The van der Waals surface area contributed by atoms with Crippen LogP contribution >= 0.6 is 0 Å². The van der Waals surface area contributed by atoms with Gasteiger partial charge in [0, 0.05) is 23.7 Å². The summed E-state index contributed by atoms with van der Waals surface area (Å²) in [6.45, 7) is 0. The van der Waals surface area contributed by atoms with Gasteiger partial charge >= 0.3 is 0 Å². The number of hydrogen-bond donors (Lipinski definition) is 0. The van der Waals surface area contributed by atoms with E-state index in [1.54, 1.807) is 17.8 Å². The Hall–Kier alpha value is -2.85. The largest absolute Gasteiger partial charge is 0.324 e. The van der Waals surface area contributed by atoms with E-state index in [1.807, 2.05) is 36.4 Å². The molecule has 2 aromatic heterocycles. The zero-order valence-corrected chi connectivity index (χ0v) is 10.2. The molecule has 0 bridgehead atoms. The van der Waals surface area contributed by atoms with Gasteiger partial charge in [0.1, 0.15) is 0 Å². The van der Waals surface area contributed by atoms with Gasteiger partial charge in [-0.3, -0.25) is 0 Å². The molecule has 0 radical (unpaired) electrons. The summed E-state index contributed by atoms with van der Waals surface area (Å²) in [6.07, 6.45) is 1.77. The van der Waals surface area contributed by atoms with Gasteiger partial charge in [-0.1, -0.05) is 30.3 Å². The summed E-state index contributed by atoms with van der Waals surface area (Å²) in [4.78, 5) is 11.2. The van der Waals surface area contributed by atoms with Crippen molar-refractivity contribution in [3.05, 3.63) is 53.0 Å². The maximum atomic E-state index is 8.49.